The number of carbonyl (C=O) groups is 2. The zero-order valence-electron chi connectivity index (χ0n) is 16.5. The van der Waals surface area contributed by atoms with E-state index in [4.69, 9.17) is 4.74 Å². The van der Waals surface area contributed by atoms with Crippen LogP contribution < -0.4 is 10.9 Å². The van der Waals surface area contributed by atoms with E-state index in [1.165, 1.54) is 40.7 Å². The number of phenols is 1. The van der Waals surface area contributed by atoms with Crippen molar-refractivity contribution in [1.82, 2.24) is 15.2 Å². The maximum atomic E-state index is 12.9. The Balaban J connectivity index is 1.65. The number of hydrogen-bond acceptors (Lipinski definition) is 6. The van der Waals surface area contributed by atoms with E-state index in [9.17, 15) is 23.1 Å². The highest BCUT2D eigenvalue weighted by molar-refractivity contribution is 7.89. The largest absolute Gasteiger partial charge is 0.507 e. The van der Waals surface area contributed by atoms with Gasteiger partial charge in [0.15, 0.2) is 0 Å². The Labute approximate surface area is 174 Å². The molecule has 10 heteroatoms. The number of nitrogens with one attached hydrogen (secondary N) is 2. The van der Waals surface area contributed by atoms with Gasteiger partial charge in [-0.3, -0.25) is 20.4 Å². The second kappa shape index (κ2) is 8.82. The van der Waals surface area contributed by atoms with Crippen LogP contribution in [-0.4, -0.2) is 54.9 Å². The van der Waals surface area contributed by atoms with Crippen LogP contribution in [0.2, 0.25) is 0 Å². The van der Waals surface area contributed by atoms with Crippen LogP contribution in [0.15, 0.2) is 53.4 Å². The minimum Gasteiger partial charge on any atom is -0.507 e. The van der Waals surface area contributed by atoms with Crippen LogP contribution in [0.25, 0.3) is 0 Å². The predicted octanol–water partition coefficient (Wildman–Crippen LogP) is 1.26. The molecule has 1 heterocycles. The molecule has 0 radical (unpaired) electrons. The average molecular weight is 433 g/mol. The standard InChI is InChI=1S/C20H23N3O6S/c1-13-11-23(12-14(2)29-13)30(27,28)16-9-7-15(8-10-16)19(25)21-22-20(26)17-5-3-4-6-18(17)24/h3-10,13-14,24H,11-12H2,1-2H3,(H,21,25)(H,22,26)/t13-,14+. The number of sulfonamides is 1. The van der Waals surface area contributed by atoms with Crippen LogP contribution in [-0.2, 0) is 14.8 Å². The van der Waals surface area contributed by atoms with Gasteiger partial charge in [0.05, 0.1) is 22.7 Å². The van der Waals surface area contributed by atoms with Crippen LogP contribution in [0.5, 0.6) is 5.75 Å². The predicted molar refractivity (Wildman–Crippen MR) is 108 cm³/mol. The Morgan fingerprint density at radius 1 is 0.967 bits per heavy atom. The van der Waals surface area contributed by atoms with Crippen molar-refractivity contribution in [3.8, 4) is 5.75 Å². The topological polar surface area (TPSA) is 125 Å². The lowest BCUT2D eigenvalue weighted by Crippen LogP contribution is -2.48. The molecule has 0 unspecified atom stereocenters. The Morgan fingerprint density at radius 2 is 1.53 bits per heavy atom. The third-order valence-corrected chi connectivity index (χ3v) is 6.42. The Morgan fingerprint density at radius 3 is 2.13 bits per heavy atom. The summed E-state index contributed by atoms with van der Waals surface area (Å²) in [5.74, 6) is -1.53. The molecule has 0 aliphatic carbocycles. The molecule has 1 aliphatic rings. The summed E-state index contributed by atoms with van der Waals surface area (Å²) in [4.78, 5) is 24.4. The van der Waals surface area contributed by atoms with Gasteiger partial charge in [0, 0.05) is 18.7 Å². The molecule has 0 spiro atoms. The van der Waals surface area contributed by atoms with E-state index in [-0.39, 0.29) is 47.1 Å². The monoisotopic (exact) mass is 433 g/mol. The van der Waals surface area contributed by atoms with Crippen LogP contribution in [0, 0.1) is 0 Å². The normalized spacial score (nSPS) is 19.8. The number of carbonyl (C=O) groups excluding carboxylic acids is 2. The molecular formula is C20H23N3O6S. The zero-order valence-corrected chi connectivity index (χ0v) is 17.3. The van der Waals surface area contributed by atoms with Crippen molar-refractivity contribution < 1.29 is 27.9 Å². The summed E-state index contributed by atoms with van der Waals surface area (Å²) < 4.78 is 32.6. The van der Waals surface area contributed by atoms with Crippen LogP contribution in [0.1, 0.15) is 34.6 Å². The molecule has 2 atom stereocenters. The molecule has 9 nitrogen and oxygen atoms in total. The summed E-state index contributed by atoms with van der Waals surface area (Å²) in [5, 5.41) is 9.67. The lowest BCUT2D eigenvalue weighted by molar-refractivity contribution is -0.0440. The van der Waals surface area contributed by atoms with Crippen molar-refractivity contribution >= 4 is 21.8 Å². The van der Waals surface area contributed by atoms with Gasteiger partial charge in [0.25, 0.3) is 11.8 Å². The number of benzene rings is 2. The smallest absolute Gasteiger partial charge is 0.273 e. The van der Waals surface area contributed by atoms with Crippen molar-refractivity contribution in [2.24, 2.45) is 0 Å². The quantitative estimate of drug-likeness (QED) is 0.624. The number of hydrogen-bond donors (Lipinski definition) is 3. The average Bonchev–Trinajstić information content (AvgIpc) is 2.71. The van der Waals surface area contributed by atoms with Crippen molar-refractivity contribution in [2.45, 2.75) is 31.0 Å². The SMILES string of the molecule is C[C@@H]1CN(S(=O)(=O)c2ccc(C(=O)NNC(=O)c3ccccc3O)cc2)C[C@H](C)O1. The van der Waals surface area contributed by atoms with Gasteiger partial charge in [-0.1, -0.05) is 12.1 Å². The third kappa shape index (κ3) is 4.78. The summed E-state index contributed by atoms with van der Waals surface area (Å²) in [7, 11) is -3.71. The number of aromatic hydroxyl groups is 1. The molecule has 3 N–H and O–H groups in total. The van der Waals surface area contributed by atoms with Gasteiger partial charge in [-0.2, -0.15) is 4.31 Å². The minimum atomic E-state index is -3.71. The van der Waals surface area contributed by atoms with Gasteiger partial charge in [-0.25, -0.2) is 8.42 Å². The number of ether oxygens (including phenoxy) is 1. The summed E-state index contributed by atoms with van der Waals surface area (Å²) in [6, 6.07) is 11.3. The molecular weight excluding hydrogens is 410 g/mol. The first-order chi connectivity index (χ1) is 14.2. The third-order valence-electron chi connectivity index (χ3n) is 4.58. The van der Waals surface area contributed by atoms with Crippen LogP contribution in [0.3, 0.4) is 0 Å². The highest BCUT2D eigenvalue weighted by Gasteiger charge is 2.32. The van der Waals surface area contributed by atoms with Gasteiger partial charge < -0.3 is 9.84 Å². The molecule has 0 aromatic heterocycles. The Bertz CT molecular complexity index is 1030. The number of phenolic OH excluding ortho intramolecular Hbond substituents is 1. The molecule has 30 heavy (non-hydrogen) atoms. The second-order valence-electron chi connectivity index (χ2n) is 7.03. The van der Waals surface area contributed by atoms with E-state index in [1.54, 1.807) is 12.1 Å². The van der Waals surface area contributed by atoms with E-state index in [0.29, 0.717) is 0 Å². The van der Waals surface area contributed by atoms with Crippen molar-refractivity contribution in [3.05, 3.63) is 59.7 Å². The maximum Gasteiger partial charge on any atom is 0.273 e. The van der Waals surface area contributed by atoms with Gasteiger partial charge in [0.1, 0.15) is 5.75 Å². The molecule has 160 valence electrons. The minimum absolute atomic E-state index is 0.00760. The second-order valence-corrected chi connectivity index (χ2v) is 8.97. The van der Waals surface area contributed by atoms with Gasteiger partial charge in [0.2, 0.25) is 10.0 Å². The molecule has 0 saturated carbocycles. The Hall–Kier alpha value is -2.95. The van der Waals surface area contributed by atoms with E-state index >= 15 is 0 Å². The first-order valence-corrected chi connectivity index (χ1v) is 10.8. The number of morpholine rings is 1. The summed E-state index contributed by atoms with van der Waals surface area (Å²) in [6.45, 7) is 4.14. The molecule has 2 aromatic rings. The summed E-state index contributed by atoms with van der Waals surface area (Å²) in [5.41, 5.74) is 4.61. The van der Waals surface area contributed by atoms with E-state index in [1.807, 2.05) is 13.8 Å². The van der Waals surface area contributed by atoms with Gasteiger partial charge in [-0.15, -0.1) is 0 Å². The van der Waals surface area contributed by atoms with Crippen molar-refractivity contribution in [2.75, 3.05) is 13.1 Å². The van der Waals surface area contributed by atoms with Crippen LogP contribution >= 0.6 is 0 Å². The first kappa shape index (κ1) is 21.8. The molecule has 3 rings (SSSR count). The molecule has 2 aromatic carbocycles. The van der Waals surface area contributed by atoms with E-state index < -0.39 is 21.8 Å². The number of hydrazine groups is 1. The highest BCUT2D eigenvalue weighted by atomic mass is 32.2. The number of rotatable bonds is 4. The van der Waals surface area contributed by atoms with E-state index in [2.05, 4.69) is 10.9 Å². The summed E-state index contributed by atoms with van der Waals surface area (Å²) in [6.07, 6.45) is -0.414. The fourth-order valence-corrected chi connectivity index (χ4v) is 4.76. The van der Waals surface area contributed by atoms with Gasteiger partial charge >= 0.3 is 0 Å². The first-order valence-electron chi connectivity index (χ1n) is 9.33. The number of amides is 2. The summed E-state index contributed by atoms with van der Waals surface area (Å²) >= 11 is 0. The van der Waals surface area contributed by atoms with Crippen molar-refractivity contribution in [3.63, 3.8) is 0 Å². The number of para-hydroxylation sites is 1. The fourth-order valence-electron chi connectivity index (χ4n) is 3.17. The molecule has 2 amide bonds. The lowest BCUT2D eigenvalue weighted by atomic mass is 10.2. The zero-order chi connectivity index (χ0) is 21.9. The van der Waals surface area contributed by atoms with Crippen LogP contribution in [0.4, 0.5) is 0 Å². The lowest BCUT2D eigenvalue weighted by Gasteiger charge is -2.34. The highest BCUT2D eigenvalue weighted by Crippen LogP contribution is 2.21. The molecule has 0 bridgehead atoms. The molecule has 1 fully saturated rings. The molecule has 1 saturated heterocycles. The fraction of sp³-hybridized carbons (Fsp3) is 0.300. The Kier molecular flexibility index (Phi) is 6.40. The van der Waals surface area contributed by atoms with E-state index in [0.717, 1.165) is 0 Å². The molecule has 1 aliphatic heterocycles. The van der Waals surface area contributed by atoms with Crippen molar-refractivity contribution in [1.29, 1.82) is 0 Å². The number of nitrogens with zero attached hydrogens (tertiary/aromatic N) is 1. The maximum absolute atomic E-state index is 12.9. The van der Waals surface area contributed by atoms with Gasteiger partial charge in [-0.05, 0) is 50.2 Å².